The standard InChI is InChI=1S/C18H28N4O3/c23-18(5-8-22-7-1-2-11-25-22)20-15-17(16-4-3-6-19-14-16)21-9-12-24-13-10-21/h3-4,6,14,17H,1-2,5,7-13,15H2,(H,20,23)/t17-/m0/s1. The molecule has 0 bridgehead atoms. The van der Waals surface area contributed by atoms with Gasteiger partial charge in [-0.1, -0.05) is 6.07 Å². The minimum Gasteiger partial charge on any atom is -0.379 e. The highest BCUT2D eigenvalue weighted by atomic mass is 16.7. The number of nitrogens with one attached hydrogen (secondary N) is 1. The first-order chi connectivity index (χ1) is 12.3. The second kappa shape index (κ2) is 9.82. The molecule has 0 radical (unpaired) electrons. The van der Waals surface area contributed by atoms with Gasteiger partial charge in [0, 0.05) is 51.5 Å². The molecule has 3 rings (SSSR count). The molecular weight excluding hydrogens is 320 g/mol. The molecule has 2 aliphatic heterocycles. The van der Waals surface area contributed by atoms with Gasteiger partial charge in [0.2, 0.25) is 5.91 Å². The van der Waals surface area contributed by atoms with Crippen molar-refractivity contribution >= 4 is 5.91 Å². The van der Waals surface area contributed by atoms with Crippen LogP contribution in [0.25, 0.3) is 0 Å². The number of hydrogen-bond donors (Lipinski definition) is 1. The predicted octanol–water partition coefficient (Wildman–Crippen LogP) is 0.989. The normalized spacial score (nSPS) is 21.0. The van der Waals surface area contributed by atoms with E-state index in [0.717, 1.165) is 57.9 Å². The maximum atomic E-state index is 12.3. The second-order valence-corrected chi connectivity index (χ2v) is 6.47. The van der Waals surface area contributed by atoms with Crippen LogP contribution in [0.1, 0.15) is 30.9 Å². The SMILES string of the molecule is O=C(CCN1CCCCO1)NC[C@@H](c1cccnc1)N1CCOCC1. The summed E-state index contributed by atoms with van der Waals surface area (Å²) in [4.78, 5) is 24.4. The van der Waals surface area contributed by atoms with Crippen LogP contribution in [-0.4, -0.2) is 73.4 Å². The summed E-state index contributed by atoms with van der Waals surface area (Å²) in [6, 6.07) is 4.15. The highest BCUT2D eigenvalue weighted by Gasteiger charge is 2.23. The Bertz CT molecular complexity index is 516. The van der Waals surface area contributed by atoms with Crippen LogP contribution in [0.2, 0.25) is 0 Å². The maximum Gasteiger partial charge on any atom is 0.221 e. The molecule has 1 aromatic heterocycles. The number of rotatable bonds is 7. The monoisotopic (exact) mass is 348 g/mol. The van der Waals surface area contributed by atoms with Gasteiger partial charge in [-0.2, -0.15) is 5.06 Å². The first kappa shape index (κ1) is 18.3. The van der Waals surface area contributed by atoms with Gasteiger partial charge in [-0.3, -0.25) is 19.5 Å². The van der Waals surface area contributed by atoms with Gasteiger partial charge >= 0.3 is 0 Å². The van der Waals surface area contributed by atoms with Gasteiger partial charge < -0.3 is 10.1 Å². The Balaban J connectivity index is 1.50. The Kier molecular flexibility index (Phi) is 7.17. The van der Waals surface area contributed by atoms with Gasteiger partial charge in [-0.15, -0.1) is 0 Å². The van der Waals surface area contributed by atoms with Crippen LogP contribution in [0.15, 0.2) is 24.5 Å². The van der Waals surface area contributed by atoms with Gasteiger partial charge in [-0.05, 0) is 24.5 Å². The van der Waals surface area contributed by atoms with Crippen molar-refractivity contribution in [3.8, 4) is 0 Å². The summed E-state index contributed by atoms with van der Waals surface area (Å²) in [5.41, 5.74) is 1.13. The number of hydroxylamine groups is 2. The Hall–Kier alpha value is -1.54. The molecule has 0 saturated carbocycles. The van der Waals surface area contributed by atoms with Gasteiger partial charge in [0.15, 0.2) is 0 Å². The molecule has 25 heavy (non-hydrogen) atoms. The molecule has 0 spiro atoms. The number of amides is 1. The maximum absolute atomic E-state index is 12.3. The van der Waals surface area contributed by atoms with Crippen LogP contribution in [0.5, 0.6) is 0 Å². The van der Waals surface area contributed by atoms with E-state index in [2.05, 4.69) is 21.3 Å². The van der Waals surface area contributed by atoms with E-state index in [1.54, 1.807) is 6.20 Å². The Morgan fingerprint density at radius 3 is 2.84 bits per heavy atom. The van der Waals surface area contributed by atoms with Crippen molar-refractivity contribution in [1.82, 2.24) is 20.3 Å². The molecule has 0 unspecified atom stereocenters. The number of pyridine rings is 1. The van der Waals surface area contributed by atoms with E-state index in [1.165, 1.54) is 0 Å². The zero-order valence-corrected chi connectivity index (χ0v) is 14.7. The van der Waals surface area contributed by atoms with Crippen LogP contribution in [-0.2, 0) is 14.4 Å². The smallest absolute Gasteiger partial charge is 0.221 e. The van der Waals surface area contributed by atoms with E-state index in [0.29, 0.717) is 19.5 Å². The Morgan fingerprint density at radius 1 is 1.24 bits per heavy atom. The fraction of sp³-hybridized carbons (Fsp3) is 0.667. The van der Waals surface area contributed by atoms with E-state index in [4.69, 9.17) is 9.57 Å². The van der Waals surface area contributed by atoms with Crippen LogP contribution in [0, 0.1) is 0 Å². The minimum absolute atomic E-state index is 0.0660. The van der Waals surface area contributed by atoms with E-state index in [9.17, 15) is 4.79 Å². The number of hydrogen-bond acceptors (Lipinski definition) is 6. The van der Waals surface area contributed by atoms with Crippen molar-refractivity contribution in [3.05, 3.63) is 30.1 Å². The molecule has 2 aliphatic rings. The van der Waals surface area contributed by atoms with Crippen molar-refractivity contribution in [2.75, 3.05) is 52.5 Å². The molecule has 138 valence electrons. The number of ether oxygens (including phenoxy) is 1. The average molecular weight is 348 g/mol. The van der Waals surface area contributed by atoms with Crippen molar-refractivity contribution in [2.24, 2.45) is 0 Å². The van der Waals surface area contributed by atoms with Crippen molar-refractivity contribution in [3.63, 3.8) is 0 Å². The van der Waals surface area contributed by atoms with Crippen LogP contribution >= 0.6 is 0 Å². The summed E-state index contributed by atoms with van der Waals surface area (Å²) in [7, 11) is 0. The minimum atomic E-state index is 0.0660. The quantitative estimate of drug-likeness (QED) is 0.793. The molecule has 7 heteroatoms. The Labute approximate surface area is 149 Å². The lowest BCUT2D eigenvalue weighted by Gasteiger charge is -2.34. The number of carbonyl (C=O) groups is 1. The second-order valence-electron chi connectivity index (χ2n) is 6.47. The molecule has 1 N–H and O–H groups in total. The summed E-state index contributed by atoms with van der Waals surface area (Å²) < 4.78 is 5.45. The number of nitrogens with zero attached hydrogens (tertiary/aromatic N) is 3. The molecule has 0 aliphatic carbocycles. The molecule has 7 nitrogen and oxygen atoms in total. The van der Waals surface area contributed by atoms with Gasteiger partial charge in [0.05, 0.1) is 25.9 Å². The van der Waals surface area contributed by atoms with E-state index in [-0.39, 0.29) is 11.9 Å². The first-order valence-electron chi connectivity index (χ1n) is 9.19. The summed E-state index contributed by atoms with van der Waals surface area (Å²) in [6.07, 6.45) is 6.37. The lowest BCUT2D eigenvalue weighted by Crippen LogP contribution is -2.44. The van der Waals surface area contributed by atoms with Gasteiger partial charge in [-0.25, -0.2) is 0 Å². The van der Waals surface area contributed by atoms with E-state index >= 15 is 0 Å². The summed E-state index contributed by atoms with van der Waals surface area (Å²) >= 11 is 0. The summed E-state index contributed by atoms with van der Waals surface area (Å²) in [5, 5.41) is 4.99. The number of carbonyl (C=O) groups excluding carboxylic acids is 1. The first-order valence-corrected chi connectivity index (χ1v) is 9.19. The predicted molar refractivity (Wildman–Crippen MR) is 93.8 cm³/mol. The fourth-order valence-electron chi connectivity index (χ4n) is 3.27. The zero-order valence-electron chi connectivity index (χ0n) is 14.7. The number of morpholine rings is 1. The lowest BCUT2D eigenvalue weighted by atomic mass is 10.1. The van der Waals surface area contributed by atoms with Crippen LogP contribution < -0.4 is 5.32 Å². The van der Waals surface area contributed by atoms with Crippen molar-refractivity contribution < 1.29 is 14.4 Å². The summed E-state index contributed by atoms with van der Waals surface area (Å²) in [5.74, 6) is 0.0660. The molecular formula is C18H28N4O3. The largest absolute Gasteiger partial charge is 0.379 e. The topological polar surface area (TPSA) is 66.9 Å². The third kappa shape index (κ3) is 5.74. The molecule has 1 atom stereocenters. The van der Waals surface area contributed by atoms with Gasteiger partial charge in [0.25, 0.3) is 0 Å². The average Bonchev–Trinajstić information content (AvgIpc) is 2.69. The lowest BCUT2D eigenvalue weighted by molar-refractivity contribution is -0.181. The third-order valence-electron chi connectivity index (χ3n) is 4.71. The van der Waals surface area contributed by atoms with E-state index < -0.39 is 0 Å². The Morgan fingerprint density at radius 2 is 2.12 bits per heavy atom. The van der Waals surface area contributed by atoms with E-state index in [1.807, 2.05) is 17.3 Å². The van der Waals surface area contributed by atoms with Crippen LogP contribution in [0.3, 0.4) is 0 Å². The highest BCUT2D eigenvalue weighted by molar-refractivity contribution is 5.76. The van der Waals surface area contributed by atoms with Gasteiger partial charge in [0.1, 0.15) is 0 Å². The zero-order chi connectivity index (χ0) is 17.3. The molecule has 0 aromatic carbocycles. The molecule has 1 amide bonds. The molecule has 1 aromatic rings. The molecule has 2 saturated heterocycles. The fourth-order valence-corrected chi connectivity index (χ4v) is 3.27. The number of aromatic nitrogens is 1. The van der Waals surface area contributed by atoms with Crippen molar-refractivity contribution in [2.45, 2.75) is 25.3 Å². The molecule has 2 fully saturated rings. The van der Waals surface area contributed by atoms with Crippen LogP contribution in [0.4, 0.5) is 0 Å². The summed E-state index contributed by atoms with van der Waals surface area (Å²) in [6.45, 7) is 6.13. The molecule has 3 heterocycles. The highest BCUT2D eigenvalue weighted by Crippen LogP contribution is 2.20. The third-order valence-corrected chi connectivity index (χ3v) is 4.71. The van der Waals surface area contributed by atoms with Crippen molar-refractivity contribution in [1.29, 1.82) is 0 Å².